The standard InChI is InChI=1S/C16H16N4O2S/c1-12-18-13(11-23-12)9-17-15(21)10-22-16-7-8-20(19-16)14-5-3-2-4-6-14/h2-8,11H,9-10H2,1H3,(H,17,21). The Bertz CT molecular complexity index is 782. The molecule has 0 spiro atoms. The molecular formula is C16H16N4O2S. The summed E-state index contributed by atoms with van der Waals surface area (Å²) in [5.74, 6) is 0.207. The number of ether oxygens (including phenoxy) is 1. The smallest absolute Gasteiger partial charge is 0.258 e. The van der Waals surface area contributed by atoms with Crippen LogP contribution in [0.2, 0.25) is 0 Å². The quantitative estimate of drug-likeness (QED) is 0.754. The predicted molar refractivity (Wildman–Crippen MR) is 87.8 cm³/mol. The highest BCUT2D eigenvalue weighted by Gasteiger charge is 2.07. The molecule has 0 aliphatic heterocycles. The minimum atomic E-state index is -0.204. The summed E-state index contributed by atoms with van der Waals surface area (Å²) in [4.78, 5) is 16.1. The van der Waals surface area contributed by atoms with Gasteiger partial charge in [-0.2, -0.15) is 0 Å². The van der Waals surface area contributed by atoms with E-state index in [1.807, 2.05) is 42.6 Å². The third-order valence-corrected chi connectivity index (χ3v) is 3.89. The summed E-state index contributed by atoms with van der Waals surface area (Å²) in [6.07, 6.45) is 1.79. The van der Waals surface area contributed by atoms with Crippen molar-refractivity contribution in [1.82, 2.24) is 20.1 Å². The first-order valence-corrected chi connectivity index (χ1v) is 8.00. The number of hydrogen-bond acceptors (Lipinski definition) is 5. The van der Waals surface area contributed by atoms with Gasteiger partial charge < -0.3 is 10.1 Å². The van der Waals surface area contributed by atoms with Crippen molar-refractivity contribution >= 4 is 17.2 Å². The number of aryl methyl sites for hydroxylation is 1. The fourth-order valence-electron chi connectivity index (χ4n) is 1.98. The number of aromatic nitrogens is 3. The number of amides is 1. The molecule has 1 aromatic carbocycles. The average Bonchev–Trinajstić information content (AvgIpc) is 3.21. The molecule has 0 unspecified atom stereocenters. The number of nitrogens with one attached hydrogen (secondary N) is 1. The molecule has 1 amide bonds. The lowest BCUT2D eigenvalue weighted by molar-refractivity contribution is -0.123. The molecule has 0 radical (unpaired) electrons. The van der Waals surface area contributed by atoms with Crippen molar-refractivity contribution in [2.75, 3.05) is 6.61 Å². The van der Waals surface area contributed by atoms with Crippen LogP contribution in [-0.4, -0.2) is 27.3 Å². The predicted octanol–water partition coefficient (Wildman–Crippen LogP) is 2.33. The molecule has 0 fully saturated rings. The summed E-state index contributed by atoms with van der Waals surface area (Å²) in [7, 11) is 0. The number of carbonyl (C=O) groups excluding carboxylic acids is 1. The van der Waals surface area contributed by atoms with Crippen LogP contribution >= 0.6 is 11.3 Å². The van der Waals surface area contributed by atoms with Crippen LogP contribution in [-0.2, 0) is 11.3 Å². The Morgan fingerprint density at radius 2 is 2.13 bits per heavy atom. The molecule has 0 atom stereocenters. The van der Waals surface area contributed by atoms with Crippen LogP contribution in [0.4, 0.5) is 0 Å². The molecule has 0 aliphatic rings. The van der Waals surface area contributed by atoms with Gasteiger partial charge in [-0.25, -0.2) is 9.67 Å². The number of rotatable bonds is 6. The fourth-order valence-corrected chi connectivity index (χ4v) is 2.59. The van der Waals surface area contributed by atoms with Crippen LogP contribution in [0.1, 0.15) is 10.7 Å². The number of benzene rings is 1. The third kappa shape index (κ3) is 4.17. The summed E-state index contributed by atoms with van der Waals surface area (Å²) in [6.45, 7) is 2.27. The van der Waals surface area contributed by atoms with Gasteiger partial charge in [-0.3, -0.25) is 4.79 Å². The van der Waals surface area contributed by atoms with Gasteiger partial charge in [0.1, 0.15) is 0 Å². The molecule has 2 heterocycles. The van der Waals surface area contributed by atoms with E-state index in [1.165, 1.54) is 0 Å². The Hall–Kier alpha value is -2.67. The molecule has 7 heteroatoms. The summed E-state index contributed by atoms with van der Waals surface area (Å²) in [6, 6.07) is 11.4. The monoisotopic (exact) mass is 328 g/mol. The highest BCUT2D eigenvalue weighted by atomic mass is 32.1. The Labute approximate surface area is 137 Å². The second-order valence-electron chi connectivity index (χ2n) is 4.86. The first-order valence-electron chi connectivity index (χ1n) is 7.12. The molecule has 0 saturated heterocycles. The Balaban J connectivity index is 1.48. The van der Waals surface area contributed by atoms with E-state index in [-0.39, 0.29) is 12.5 Å². The number of carbonyl (C=O) groups is 1. The second-order valence-corrected chi connectivity index (χ2v) is 5.92. The molecule has 23 heavy (non-hydrogen) atoms. The third-order valence-electron chi connectivity index (χ3n) is 3.07. The van der Waals surface area contributed by atoms with Gasteiger partial charge in [0.2, 0.25) is 5.88 Å². The highest BCUT2D eigenvalue weighted by molar-refractivity contribution is 7.09. The van der Waals surface area contributed by atoms with E-state index >= 15 is 0 Å². The maximum Gasteiger partial charge on any atom is 0.258 e. The number of thiazole rings is 1. The molecule has 0 aliphatic carbocycles. The lowest BCUT2D eigenvalue weighted by Gasteiger charge is -2.04. The van der Waals surface area contributed by atoms with Gasteiger partial charge in [-0.1, -0.05) is 18.2 Å². The minimum Gasteiger partial charge on any atom is -0.466 e. The van der Waals surface area contributed by atoms with Crippen LogP contribution in [0.5, 0.6) is 5.88 Å². The molecule has 1 N–H and O–H groups in total. The second kappa shape index (κ2) is 7.06. The van der Waals surface area contributed by atoms with E-state index in [4.69, 9.17) is 4.74 Å². The zero-order valence-corrected chi connectivity index (χ0v) is 13.4. The van der Waals surface area contributed by atoms with E-state index in [0.29, 0.717) is 12.4 Å². The van der Waals surface area contributed by atoms with E-state index in [0.717, 1.165) is 16.4 Å². The summed E-state index contributed by atoms with van der Waals surface area (Å²) >= 11 is 1.56. The van der Waals surface area contributed by atoms with Crippen molar-refractivity contribution in [3.05, 3.63) is 58.7 Å². The normalized spacial score (nSPS) is 10.5. The van der Waals surface area contributed by atoms with Gasteiger partial charge >= 0.3 is 0 Å². The summed E-state index contributed by atoms with van der Waals surface area (Å²) in [5, 5.41) is 9.96. The van der Waals surface area contributed by atoms with Gasteiger partial charge in [0.25, 0.3) is 5.91 Å². The maximum absolute atomic E-state index is 11.8. The van der Waals surface area contributed by atoms with Gasteiger partial charge in [-0.05, 0) is 19.1 Å². The van der Waals surface area contributed by atoms with E-state index in [9.17, 15) is 4.79 Å². The van der Waals surface area contributed by atoms with Crippen molar-refractivity contribution in [2.45, 2.75) is 13.5 Å². The molecule has 3 aromatic rings. The average molecular weight is 328 g/mol. The number of hydrogen-bond donors (Lipinski definition) is 1. The molecule has 0 saturated carbocycles. The Morgan fingerprint density at radius 1 is 1.30 bits per heavy atom. The Kier molecular flexibility index (Phi) is 4.68. The van der Waals surface area contributed by atoms with Crippen LogP contribution < -0.4 is 10.1 Å². The first-order chi connectivity index (χ1) is 11.2. The van der Waals surface area contributed by atoms with E-state index < -0.39 is 0 Å². The zero-order valence-electron chi connectivity index (χ0n) is 12.6. The first kappa shape index (κ1) is 15.2. The maximum atomic E-state index is 11.8. The highest BCUT2D eigenvalue weighted by Crippen LogP contribution is 2.11. The molecule has 6 nitrogen and oxygen atoms in total. The van der Waals surface area contributed by atoms with Gasteiger partial charge in [-0.15, -0.1) is 16.4 Å². The molecule has 2 aromatic heterocycles. The summed E-state index contributed by atoms with van der Waals surface area (Å²) in [5.41, 5.74) is 1.79. The van der Waals surface area contributed by atoms with Crippen LogP contribution in [0.3, 0.4) is 0 Å². The van der Waals surface area contributed by atoms with Gasteiger partial charge in [0.05, 0.1) is 22.9 Å². The molecule has 118 valence electrons. The lowest BCUT2D eigenvalue weighted by atomic mass is 10.3. The van der Waals surface area contributed by atoms with Crippen molar-refractivity contribution < 1.29 is 9.53 Å². The topological polar surface area (TPSA) is 69.0 Å². The SMILES string of the molecule is Cc1nc(CNC(=O)COc2ccn(-c3ccccc3)n2)cs1. The lowest BCUT2D eigenvalue weighted by Crippen LogP contribution is -2.28. The molecule has 3 rings (SSSR count). The zero-order chi connectivity index (χ0) is 16.1. The van der Waals surface area contributed by atoms with Gasteiger partial charge in [0, 0.05) is 17.6 Å². The van der Waals surface area contributed by atoms with Crippen LogP contribution in [0.15, 0.2) is 48.0 Å². The Morgan fingerprint density at radius 3 is 2.87 bits per heavy atom. The van der Waals surface area contributed by atoms with Crippen molar-refractivity contribution in [3.63, 3.8) is 0 Å². The van der Waals surface area contributed by atoms with E-state index in [2.05, 4.69) is 15.4 Å². The minimum absolute atomic E-state index is 0.0745. The van der Waals surface area contributed by atoms with Crippen LogP contribution in [0, 0.1) is 6.92 Å². The molecule has 0 bridgehead atoms. The van der Waals surface area contributed by atoms with Gasteiger partial charge in [0.15, 0.2) is 6.61 Å². The number of para-hydroxylation sites is 1. The van der Waals surface area contributed by atoms with Crippen molar-refractivity contribution in [1.29, 1.82) is 0 Å². The number of nitrogens with zero attached hydrogens (tertiary/aromatic N) is 3. The van der Waals surface area contributed by atoms with Crippen molar-refractivity contribution in [3.8, 4) is 11.6 Å². The fraction of sp³-hybridized carbons (Fsp3) is 0.188. The van der Waals surface area contributed by atoms with Crippen molar-refractivity contribution in [2.24, 2.45) is 0 Å². The summed E-state index contributed by atoms with van der Waals surface area (Å²) < 4.78 is 7.10. The van der Waals surface area contributed by atoms with Crippen LogP contribution in [0.25, 0.3) is 5.69 Å². The largest absolute Gasteiger partial charge is 0.466 e. The molecular weight excluding hydrogens is 312 g/mol. The van der Waals surface area contributed by atoms with E-state index in [1.54, 1.807) is 28.3 Å².